The van der Waals surface area contributed by atoms with Crippen LogP contribution in [0.15, 0.2) is 53.3 Å². The highest BCUT2D eigenvalue weighted by molar-refractivity contribution is 7.10. The number of nitrogens with zero attached hydrogens (tertiary/aromatic N) is 3. The van der Waals surface area contributed by atoms with Gasteiger partial charge in [0.05, 0.1) is 5.57 Å². The smallest absolute Gasteiger partial charge is 0.255 e. The van der Waals surface area contributed by atoms with Crippen molar-refractivity contribution >= 4 is 28.9 Å². The lowest BCUT2D eigenvalue weighted by Crippen LogP contribution is -2.31. The van der Waals surface area contributed by atoms with E-state index in [1.165, 1.54) is 11.9 Å². The Morgan fingerprint density at radius 1 is 1.27 bits per heavy atom. The molecule has 1 atom stereocenters. The Labute approximate surface area is 155 Å². The van der Waals surface area contributed by atoms with E-state index in [4.69, 9.17) is 0 Å². The summed E-state index contributed by atoms with van der Waals surface area (Å²) in [6, 6.07) is 9.70. The van der Waals surface area contributed by atoms with E-state index in [-0.39, 0.29) is 11.9 Å². The molecule has 1 aliphatic rings. The number of thiophene rings is 1. The molecule has 0 unspecified atom stereocenters. The van der Waals surface area contributed by atoms with Crippen molar-refractivity contribution < 1.29 is 4.79 Å². The predicted molar refractivity (Wildman–Crippen MR) is 103 cm³/mol. The summed E-state index contributed by atoms with van der Waals surface area (Å²) in [4.78, 5) is 18.5. The van der Waals surface area contributed by atoms with E-state index in [2.05, 4.69) is 26.8 Å². The van der Waals surface area contributed by atoms with Gasteiger partial charge in [0, 0.05) is 16.3 Å². The topological polar surface area (TPSA) is 71.8 Å². The molecule has 7 heteroatoms. The fourth-order valence-electron chi connectivity index (χ4n) is 3.24. The maximum Gasteiger partial charge on any atom is 0.255 e. The average Bonchev–Trinajstić information content (AvgIpc) is 3.27. The molecule has 132 valence electrons. The molecule has 1 amide bonds. The second-order valence-corrected chi connectivity index (χ2v) is 7.36. The van der Waals surface area contributed by atoms with E-state index in [9.17, 15) is 4.79 Å². The summed E-state index contributed by atoms with van der Waals surface area (Å²) >= 11 is 1.60. The van der Waals surface area contributed by atoms with Crippen molar-refractivity contribution in [1.29, 1.82) is 0 Å². The minimum Gasteiger partial charge on any atom is -0.328 e. The maximum absolute atomic E-state index is 13.2. The quantitative estimate of drug-likeness (QED) is 0.739. The van der Waals surface area contributed by atoms with Crippen LogP contribution in [0.3, 0.4) is 0 Å². The van der Waals surface area contributed by atoms with E-state index in [0.717, 1.165) is 21.8 Å². The number of allylic oxidation sites excluding steroid dienone is 1. The number of anilines is 2. The first-order valence-corrected chi connectivity index (χ1v) is 9.22. The van der Waals surface area contributed by atoms with Gasteiger partial charge in [0.1, 0.15) is 12.4 Å². The molecule has 0 aliphatic carbocycles. The summed E-state index contributed by atoms with van der Waals surface area (Å²) in [5, 5.41) is 12.6. The van der Waals surface area contributed by atoms with Crippen LogP contribution in [0.4, 0.5) is 11.6 Å². The Balaban J connectivity index is 1.74. The molecule has 3 aromatic rings. The number of aromatic nitrogens is 3. The number of rotatable bonds is 3. The highest BCUT2D eigenvalue weighted by Crippen LogP contribution is 2.37. The third-order valence-corrected chi connectivity index (χ3v) is 5.41. The number of carbonyl (C=O) groups is 1. The third kappa shape index (κ3) is 2.80. The fourth-order valence-corrected chi connectivity index (χ4v) is 4.06. The molecule has 2 aromatic heterocycles. The monoisotopic (exact) mass is 365 g/mol. The molecule has 1 aliphatic heterocycles. The van der Waals surface area contributed by atoms with Gasteiger partial charge < -0.3 is 10.6 Å². The van der Waals surface area contributed by atoms with E-state index in [1.807, 2.05) is 50.4 Å². The number of benzene rings is 1. The molecule has 0 saturated heterocycles. The lowest BCUT2D eigenvalue weighted by Gasteiger charge is -2.28. The molecule has 0 bridgehead atoms. The predicted octanol–water partition coefficient (Wildman–Crippen LogP) is 3.88. The third-order valence-electron chi connectivity index (χ3n) is 4.48. The molecule has 0 spiro atoms. The summed E-state index contributed by atoms with van der Waals surface area (Å²) < 4.78 is 1.76. The zero-order valence-electron chi connectivity index (χ0n) is 14.8. The number of carbonyl (C=O) groups excluding carboxylic acids is 1. The molecule has 26 heavy (non-hydrogen) atoms. The van der Waals surface area contributed by atoms with Gasteiger partial charge in [-0.1, -0.05) is 23.8 Å². The summed E-state index contributed by atoms with van der Waals surface area (Å²) in [5.41, 5.74) is 4.44. The largest absolute Gasteiger partial charge is 0.328 e. The number of hydrogen-bond acceptors (Lipinski definition) is 5. The number of fused-ring (bicyclic) bond motifs is 1. The van der Waals surface area contributed by atoms with Gasteiger partial charge >= 0.3 is 0 Å². The molecular formula is C19H19N5OS. The highest BCUT2D eigenvalue weighted by atomic mass is 32.1. The Kier molecular flexibility index (Phi) is 4.08. The van der Waals surface area contributed by atoms with Gasteiger partial charge in [-0.2, -0.15) is 10.1 Å². The summed E-state index contributed by atoms with van der Waals surface area (Å²) in [7, 11) is 0. The fraction of sp³-hybridized carbons (Fsp3) is 0.211. The van der Waals surface area contributed by atoms with Gasteiger partial charge in [0.25, 0.3) is 5.91 Å². The van der Waals surface area contributed by atoms with Crippen LogP contribution in [0.1, 0.15) is 29.0 Å². The van der Waals surface area contributed by atoms with Crippen LogP contribution in [0.25, 0.3) is 0 Å². The lowest BCUT2D eigenvalue weighted by atomic mass is 10.0. The van der Waals surface area contributed by atoms with Crippen LogP contribution < -0.4 is 10.6 Å². The summed E-state index contributed by atoms with van der Waals surface area (Å²) in [6.45, 7) is 5.93. The van der Waals surface area contributed by atoms with Gasteiger partial charge in [-0.05, 0) is 43.8 Å². The number of hydrogen-bond donors (Lipinski definition) is 2. The zero-order chi connectivity index (χ0) is 18.3. The van der Waals surface area contributed by atoms with Gasteiger partial charge in [-0.15, -0.1) is 11.3 Å². The molecule has 3 heterocycles. The normalized spacial score (nSPS) is 16.2. The first-order chi connectivity index (χ1) is 12.5. The van der Waals surface area contributed by atoms with Crippen molar-refractivity contribution in [3.63, 3.8) is 0 Å². The van der Waals surface area contributed by atoms with Gasteiger partial charge in [-0.3, -0.25) is 4.79 Å². The van der Waals surface area contributed by atoms with E-state index in [0.29, 0.717) is 11.5 Å². The van der Waals surface area contributed by atoms with E-state index in [1.54, 1.807) is 16.0 Å². The average molecular weight is 365 g/mol. The van der Waals surface area contributed by atoms with Gasteiger partial charge in [-0.25, -0.2) is 4.68 Å². The van der Waals surface area contributed by atoms with Gasteiger partial charge in [0.2, 0.25) is 5.95 Å². The van der Waals surface area contributed by atoms with Crippen molar-refractivity contribution in [2.45, 2.75) is 26.8 Å². The highest BCUT2D eigenvalue weighted by Gasteiger charge is 2.34. The minimum absolute atomic E-state index is 0.137. The summed E-state index contributed by atoms with van der Waals surface area (Å²) in [5.74, 6) is 0.505. The molecule has 6 nitrogen and oxygen atoms in total. The first-order valence-electron chi connectivity index (χ1n) is 8.34. The Morgan fingerprint density at radius 2 is 2.12 bits per heavy atom. The van der Waals surface area contributed by atoms with Crippen molar-refractivity contribution in [2.24, 2.45) is 0 Å². The lowest BCUT2D eigenvalue weighted by molar-refractivity contribution is -0.113. The van der Waals surface area contributed by atoms with Crippen LogP contribution in [-0.4, -0.2) is 20.7 Å². The molecule has 0 radical (unpaired) electrons. The zero-order valence-corrected chi connectivity index (χ0v) is 15.6. The van der Waals surface area contributed by atoms with Crippen LogP contribution in [0.5, 0.6) is 0 Å². The standard InChI is InChI=1S/C19H19N5OS/c1-11-6-7-14(12(2)9-11)23-18(25)16-13(3)22-19-20-10-21-24(19)17(16)15-5-4-8-26-15/h4-10,17H,1-3H3,(H,23,25)(H,20,21,22)/t17-/m0/s1. The molecule has 0 saturated carbocycles. The van der Waals surface area contributed by atoms with Crippen LogP contribution >= 0.6 is 11.3 Å². The Morgan fingerprint density at radius 3 is 2.85 bits per heavy atom. The Hall–Kier alpha value is -2.93. The first kappa shape index (κ1) is 16.5. The van der Waals surface area contributed by atoms with Crippen LogP contribution in [-0.2, 0) is 4.79 Å². The number of aryl methyl sites for hydroxylation is 2. The van der Waals surface area contributed by atoms with Crippen LogP contribution in [0.2, 0.25) is 0 Å². The minimum atomic E-state index is -0.292. The maximum atomic E-state index is 13.2. The second-order valence-electron chi connectivity index (χ2n) is 6.38. The summed E-state index contributed by atoms with van der Waals surface area (Å²) in [6.07, 6.45) is 1.50. The molecular weight excluding hydrogens is 346 g/mol. The number of amides is 1. The Bertz CT molecular complexity index is 1000. The SMILES string of the molecule is CC1=C(C(=O)Nc2ccc(C)cc2C)[C@H](c2cccs2)n2ncnc2N1. The van der Waals surface area contributed by atoms with E-state index >= 15 is 0 Å². The number of nitrogens with one attached hydrogen (secondary N) is 2. The molecule has 4 rings (SSSR count). The van der Waals surface area contributed by atoms with E-state index < -0.39 is 0 Å². The molecule has 1 aromatic carbocycles. The van der Waals surface area contributed by atoms with Crippen molar-refractivity contribution in [3.8, 4) is 0 Å². The van der Waals surface area contributed by atoms with Crippen molar-refractivity contribution in [3.05, 3.63) is 69.3 Å². The van der Waals surface area contributed by atoms with Crippen molar-refractivity contribution in [1.82, 2.24) is 14.8 Å². The molecule has 2 N–H and O–H groups in total. The van der Waals surface area contributed by atoms with Gasteiger partial charge in [0.15, 0.2) is 0 Å². The molecule has 0 fully saturated rings. The van der Waals surface area contributed by atoms with Crippen molar-refractivity contribution in [2.75, 3.05) is 10.6 Å². The second kappa shape index (κ2) is 6.42. The van der Waals surface area contributed by atoms with Crippen LogP contribution in [0, 0.1) is 13.8 Å².